The van der Waals surface area contributed by atoms with Crippen molar-refractivity contribution in [3.8, 4) is 0 Å². The van der Waals surface area contributed by atoms with Crippen molar-refractivity contribution in [2.45, 2.75) is 57.4 Å². The van der Waals surface area contributed by atoms with Crippen LogP contribution in [0.25, 0.3) is 0 Å². The number of aliphatic imine (C=N–C) groups is 1. The quantitative estimate of drug-likeness (QED) is 0.275. The molecule has 6 nitrogen and oxygen atoms in total. The SMILES string of the molecule is CCNC(=NCC(O)COCc1ccccc1)NC1CCN(C2CC2)CC1.I. The summed E-state index contributed by atoms with van der Waals surface area (Å²) in [5.41, 5.74) is 1.11. The third kappa shape index (κ3) is 8.23. The van der Waals surface area contributed by atoms with Crippen molar-refractivity contribution < 1.29 is 9.84 Å². The Morgan fingerprint density at radius 2 is 1.93 bits per heavy atom. The van der Waals surface area contributed by atoms with Gasteiger partial charge in [-0.1, -0.05) is 30.3 Å². The van der Waals surface area contributed by atoms with Crippen LogP contribution in [0, 0.1) is 0 Å². The van der Waals surface area contributed by atoms with Crippen molar-refractivity contribution in [1.82, 2.24) is 15.5 Å². The average Bonchev–Trinajstić information content (AvgIpc) is 3.53. The first-order chi connectivity index (χ1) is 13.2. The number of nitrogens with zero attached hydrogens (tertiary/aromatic N) is 2. The summed E-state index contributed by atoms with van der Waals surface area (Å²) in [6.07, 6.45) is 4.48. The summed E-state index contributed by atoms with van der Waals surface area (Å²) >= 11 is 0. The fourth-order valence-electron chi connectivity index (χ4n) is 3.50. The lowest BCUT2D eigenvalue weighted by molar-refractivity contribution is 0.0331. The highest BCUT2D eigenvalue weighted by Gasteiger charge is 2.31. The van der Waals surface area contributed by atoms with Crippen LogP contribution >= 0.6 is 24.0 Å². The summed E-state index contributed by atoms with van der Waals surface area (Å²) in [6, 6.07) is 11.3. The van der Waals surface area contributed by atoms with Gasteiger partial charge in [0.2, 0.25) is 0 Å². The molecule has 158 valence electrons. The highest BCUT2D eigenvalue weighted by molar-refractivity contribution is 14.0. The van der Waals surface area contributed by atoms with Crippen molar-refractivity contribution in [2.75, 3.05) is 32.8 Å². The third-order valence-corrected chi connectivity index (χ3v) is 5.16. The lowest BCUT2D eigenvalue weighted by atomic mass is 10.1. The van der Waals surface area contributed by atoms with Gasteiger partial charge in [-0.3, -0.25) is 4.99 Å². The maximum absolute atomic E-state index is 10.2. The van der Waals surface area contributed by atoms with Crippen molar-refractivity contribution in [3.63, 3.8) is 0 Å². The fourth-order valence-corrected chi connectivity index (χ4v) is 3.50. The number of piperidine rings is 1. The molecule has 3 rings (SSSR count). The summed E-state index contributed by atoms with van der Waals surface area (Å²) in [5, 5.41) is 17.0. The molecule has 1 aliphatic carbocycles. The van der Waals surface area contributed by atoms with Gasteiger partial charge in [-0.25, -0.2) is 0 Å². The van der Waals surface area contributed by atoms with Gasteiger partial charge in [0.05, 0.1) is 25.9 Å². The number of rotatable bonds is 9. The molecule has 2 fully saturated rings. The van der Waals surface area contributed by atoms with E-state index in [-0.39, 0.29) is 30.6 Å². The van der Waals surface area contributed by atoms with Gasteiger partial charge in [-0.2, -0.15) is 0 Å². The van der Waals surface area contributed by atoms with Crippen LogP contribution in [-0.2, 0) is 11.3 Å². The predicted molar refractivity (Wildman–Crippen MR) is 124 cm³/mol. The highest BCUT2D eigenvalue weighted by atomic mass is 127. The Balaban J connectivity index is 0.00000280. The largest absolute Gasteiger partial charge is 0.389 e. The molecule has 0 amide bonds. The lowest BCUT2D eigenvalue weighted by Gasteiger charge is -2.33. The fraction of sp³-hybridized carbons (Fsp3) is 0.667. The summed E-state index contributed by atoms with van der Waals surface area (Å²) in [5.74, 6) is 0.796. The summed E-state index contributed by atoms with van der Waals surface area (Å²) < 4.78 is 5.60. The van der Waals surface area contributed by atoms with Gasteiger partial charge < -0.3 is 25.4 Å². The number of likely N-dealkylation sites (tertiary alicyclic amines) is 1. The van der Waals surface area contributed by atoms with E-state index in [0.717, 1.165) is 37.0 Å². The number of aliphatic hydroxyl groups excluding tert-OH is 1. The molecule has 1 saturated heterocycles. The lowest BCUT2D eigenvalue weighted by Crippen LogP contribution is -2.49. The Kier molecular flexibility index (Phi) is 10.5. The van der Waals surface area contributed by atoms with E-state index in [1.165, 1.54) is 25.9 Å². The van der Waals surface area contributed by atoms with Crippen LogP contribution in [0.5, 0.6) is 0 Å². The van der Waals surface area contributed by atoms with Crippen LogP contribution in [0.2, 0.25) is 0 Å². The topological polar surface area (TPSA) is 69.1 Å². The highest BCUT2D eigenvalue weighted by Crippen LogP contribution is 2.29. The first-order valence-corrected chi connectivity index (χ1v) is 10.3. The Morgan fingerprint density at radius 3 is 2.57 bits per heavy atom. The van der Waals surface area contributed by atoms with Crippen molar-refractivity contribution >= 4 is 29.9 Å². The van der Waals surface area contributed by atoms with Gasteiger partial charge in [0, 0.05) is 31.7 Å². The van der Waals surface area contributed by atoms with E-state index in [9.17, 15) is 5.11 Å². The van der Waals surface area contributed by atoms with Gasteiger partial charge in [0.25, 0.3) is 0 Å². The van der Waals surface area contributed by atoms with Gasteiger partial charge in [0.1, 0.15) is 0 Å². The number of aliphatic hydroxyl groups is 1. The van der Waals surface area contributed by atoms with Crippen LogP contribution in [-0.4, -0.2) is 66.9 Å². The number of benzene rings is 1. The van der Waals surface area contributed by atoms with Crippen LogP contribution in [0.1, 0.15) is 38.2 Å². The second-order valence-electron chi connectivity index (χ2n) is 7.56. The number of ether oxygens (including phenoxy) is 1. The second-order valence-corrected chi connectivity index (χ2v) is 7.56. The molecule has 3 N–H and O–H groups in total. The molecule has 0 radical (unpaired) electrons. The molecule has 1 heterocycles. The van der Waals surface area contributed by atoms with E-state index >= 15 is 0 Å². The molecule has 0 aromatic heterocycles. The summed E-state index contributed by atoms with van der Waals surface area (Å²) in [4.78, 5) is 7.17. The first kappa shape index (κ1) is 23.4. The van der Waals surface area contributed by atoms with E-state index < -0.39 is 6.10 Å². The number of guanidine groups is 1. The Bertz CT molecular complexity index is 575. The molecule has 7 heteroatoms. The molecule has 1 unspecified atom stereocenters. The molecule has 1 saturated carbocycles. The smallest absolute Gasteiger partial charge is 0.191 e. The van der Waals surface area contributed by atoms with Crippen LogP contribution in [0.3, 0.4) is 0 Å². The number of hydrogen-bond donors (Lipinski definition) is 3. The van der Waals surface area contributed by atoms with Gasteiger partial charge in [-0.05, 0) is 38.2 Å². The maximum atomic E-state index is 10.2. The van der Waals surface area contributed by atoms with E-state index in [2.05, 4.69) is 27.4 Å². The van der Waals surface area contributed by atoms with E-state index in [0.29, 0.717) is 19.2 Å². The number of halogens is 1. The van der Waals surface area contributed by atoms with Crippen LogP contribution < -0.4 is 10.6 Å². The van der Waals surface area contributed by atoms with E-state index in [1.54, 1.807) is 0 Å². The minimum Gasteiger partial charge on any atom is -0.389 e. The Hall–Kier alpha value is -0.900. The summed E-state index contributed by atoms with van der Waals surface area (Å²) in [7, 11) is 0. The minimum absolute atomic E-state index is 0. The first-order valence-electron chi connectivity index (χ1n) is 10.3. The Morgan fingerprint density at radius 1 is 1.21 bits per heavy atom. The van der Waals surface area contributed by atoms with Crippen molar-refractivity contribution in [1.29, 1.82) is 0 Å². The number of hydrogen-bond acceptors (Lipinski definition) is 4. The van der Waals surface area contributed by atoms with Crippen LogP contribution in [0.4, 0.5) is 0 Å². The zero-order chi connectivity index (χ0) is 18.9. The van der Waals surface area contributed by atoms with Gasteiger partial charge >= 0.3 is 0 Å². The minimum atomic E-state index is -0.596. The normalized spacial score (nSPS) is 19.7. The van der Waals surface area contributed by atoms with Gasteiger partial charge in [0.15, 0.2) is 5.96 Å². The number of nitrogens with one attached hydrogen (secondary N) is 2. The molecule has 1 aromatic rings. The summed E-state index contributed by atoms with van der Waals surface area (Å²) in [6.45, 7) is 6.37. The molecule has 28 heavy (non-hydrogen) atoms. The maximum Gasteiger partial charge on any atom is 0.191 e. The molecule has 1 aromatic carbocycles. The molecule has 1 aliphatic heterocycles. The molecular formula is C21H35IN4O2. The second kappa shape index (κ2) is 12.6. The average molecular weight is 502 g/mol. The zero-order valence-electron chi connectivity index (χ0n) is 16.8. The van der Waals surface area contributed by atoms with Crippen LogP contribution in [0.15, 0.2) is 35.3 Å². The van der Waals surface area contributed by atoms with E-state index in [1.807, 2.05) is 30.3 Å². The molecule has 0 spiro atoms. The third-order valence-electron chi connectivity index (χ3n) is 5.16. The van der Waals surface area contributed by atoms with E-state index in [4.69, 9.17) is 4.74 Å². The van der Waals surface area contributed by atoms with Crippen molar-refractivity contribution in [2.24, 2.45) is 4.99 Å². The standard InChI is InChI=1S/C21H34N4O2.HI/c1-2-22-21(24-18-10-12-25(13-11-18)19-8-9-19)23-14-20(26)16-27-15-17-6-4-3-5-7-17;/h3-7,18-20,26H,2,8-16H2,1H3,(H2,22,23,24);1H. The zero-order valence-corrected chi connectivity index (χ0v) is 19.2. The van der Waals surface area contributed by atoms with Crippen molar-refractivity contribution in [3.05, 3.63) is 35.9 Å². The monoisotopic (exact) mass is 502 g/mol. The van der Waals surface area contributed by atoms with Gasteiger partial charge in [-0.15, -0.1) is 24.0 Å². The predicted octanol–water partition coefficient (Wildman–Crippen LogP) is 2.36. The molecule has 1 atom stereocenters. The molecule has 0 bridgehead atoms. The molecular weight excluding hydrogens is 467 g/mol. The molecule has 2 aliphatic rings. The Labute approximate surface area is 186 Å².